The fourth-order valence-electron chi connectivity index (χ4n) is 1.21. The highest BCUT2D eigenvalue weighted by molar-refractivity contribution is 5.77. The van der Waals surface area contributed by atoms with Gasteiger partial charge < -0.3 is 9.84 Å². The van der Waals surface area contributed by atoms with Crippen molar-refractivity contribution in [3.63, 3.8) is 0 Å². The Morgan fingerprint density at radius 2 is 1.93 bits per heavy atom. The zero-order valence-electron chi connectivity index (χ0n) is 9.01. The van der Waals surface area contributed by atoms with Crippen LogP contribution in [0, 0.1) is 0 Å². The molecule has 1 aromatic carbocycles. The zero-order chi connectivity index (χ0) is 11.3. The van der Waals surface area contributed by atoms with Crippen molar-refractivity contribution < 1.29 is 14.6 Å². The molecule has 0 radical (unpaired) electrons. The van der Waals surface area contributed by atoms with Gasteiger partial charge in [0.1, 0.15) is 6.61 Å². The summed E-state index contributed by atoms with van der Waals surface area (Å²) in [4.78, 5) is 11.5. The maximum absolute atomic E-state index is 11.5. The number of aliphatic hydroxyl groups is 1. The van der Waals surface area contributed by atoms with E-state index >= 15 is 0 Å². The molecule has 0 aliphatic rings. The molecule has 2 unspecified atom stereocenters. The van der Waals surface area contributed by atoms with Crippen molar-refractivity contribution >= 4 is 5.97 Å². The monoisotopic (exact) mass is 208 g/mol. The van der Waals surface area contributed by atoms with E-state index in [1.165, 1.54) is 0 Å². The highest BCUT2D eigenvalue weighted by Gasteiger charge is 2.16. The van der Waals surface area contributed by atoms with Crippen LogP contribution in [0.2, 0.25) is 0 Å². The Bertz CT molecular complexity index is 306. The number of ether oxygens (including phenoxy) is 1. The molecule has 3 nitrogen and oxygen atoms in total. The minimum Gasteiger partial charge on any atom is -0.462 e. The van der Waals surface area contributed by atoms with Crippen molar-refractivity contribution in [2.75, 3.05) is 6.61 Å². The Morgan fingerprint density at radius 1 is 1.33 bits per heavy atom. The largest absolute Gasteiger partial charge is 0.462 e. The summed E-state index contributed by atoms with van der Waals surface area (Å²) >= 11 is 0. The second-order valence-electron chi connectivity index (χ2n) is 3.61. The van der Waals surface area contributed by atoms with E-state index in [4.69, 9.17) is 9.84 Å². The molecule has 1 N–H and O–H groups in total. The maximum atomic E-state index is 11.5. The van der Waals surface area contributed by atoms with Crippen LogP contribution in [0.15, 0.2) is 30.3 Å². The molecule has 0 fully saturated rings. The van der Waals surface area contributed by atoms with Crippen LogP contribution in [0.25, 0.3) is 0 Å². The van der Waals surface area contributed by atoms with Crippen LogP contribution >= 0.6 is 0 Å². The molecular formula is C12H16O3. The number of hydrogen-bond donors (Lipinski definition) is 1. The van der Waals surface area contributed by atoms with Crippen LogP contribution in [0.3, 0.4) is 0 Å². The lowest BCUT2D eigenvalue weighted by molar-refractivity contribution is -0.147. The van der Waals surface area contributed by atoms with Gasteiger partial charge in [0.05, 0.1) is 12.0 Å². The third-order valence-electron chi connectivity index (χ3n) is 2.12. The summed E-state index contributed by atoms with van der Waals surface area (Å²) in [7, 11) is 0. The fourth-order valence-corrected chi connectivity index (χ4v) is 1.21. The van der Waals surface area contributed by atoms with Gasteiger partial charge in [0, 0.05) is 0 Å². The minimum atomic E-state index is -0.614. The Labute approximate surface area is 89.7 Å². The Hall–Kier alpha value is -1.35. The van der Waals surface area contributed by atoms with Crippen LogP contribution in [0.1, 0.15) is 25.3 Å². The summed E-state index contributed by atoms with van der Waals surface area (Å²) in [5.74, 6) is -0.591. The number of aliphatic hydroxyl groups excluding tert-OH is 1. The molecule has 0 aliphatic heterocycles. The van der Waals surface area contributed by atoms with Gasteiger partial charge in [-0.1, -0.05) is 30.3 Å². The first-order chi connectivity index (χ1) is 7.11. The molecule has 0 aromatic heterocycles. The van der Waals surface area contributed by atoms with Crippen LogP contribution in [-0.4, -0.2) is 23.8 Å². The number of rotatable bonds is 4. The molecular weight excluding hydrogens is 192 g/mol. The van der Waals surface area contributed by atoms with Crippen molar-refractivity contribution in [3.8, 4) is 0 Å². The molecule has 0 saturated heterocycles. The zero-order valence-corrected chi connectivity index (χ0v) is 9.01. The molecule has 0 spiro atoms. The van der Waals surface area contributed by atoms with Crippen LogP contribution in [0.5, 0.6) is 0 Å². The van der Waals surface area contributed by atoms with Crippen molar-refractivity contribution in [1.82, 2.24) is 0 Å². The number of carbonyl (C=O) groups is 1. The van der Waals surface area contributed by atoms with Gasteiger partial charge in [-0.2, -0.15) is 0 Å². The predicted octanol–water partition coefficient (Wildman–Crippen LogP) is 1.71. The Balaban J connectivity index is 2.54. The predicted molar refractivity (Wildman–Crippen MR) is 57.5 cm³/mol. The fraction of sp³-hybridized carbons (Fsp3) is 0.417. The summed E-state index contributed by atoms with van der Waals surface area (Å²) in [5.41, 5.74) is 0.924. The summed E-state index contributed by atoms with van der Waals surface area (Å²) in [6.45, 7) is 3.43. The highest BCUT2D eigenvalue weighted by Crippen LogP contribution is 2.15. The van der Waals surface area contributed by atoms with Gasteiger partial charge in [0.2, 0.25) is 0 Å². The molecule has 15 heavy (non-hydrogen) atoms. The molecule has 1 aromatic rings. The second-order valence-corrected chi connectivity index (χ2v) is 3.61. The minimum absolute atomic E-state index is 0.0516. The lowest BCUT2D eigenvalue weighted by atomic mass is 10.0. The third-order valence-corrected chi connectivity index (χ3v) is 2.12. The van der Waals surface area contributed by atoms with Crippen LogP contribution in [-0.2, 0) is 9.53 Å². The van der Waals surface area contributed by atoms with E-state index in [9.17, 15) is 4.79 Å². The molecule has 1 rings (SSSR count). The number of esters is 1. The van der Waals surface area contributed by atoms with Gasteiger partial charge in [0.15, 0.2) is 0 Å². The van der Waals surface area contributed by atoms with Crippen molar-refractivity contribution in [1.29, 1.82) is 0 Å². The summed E-state index contributed by atoms with van der Waals surface area (Å²) in [6, 6.07) is 9.43. The summed E-state index contributed by atoms with van der Waals surface area (Å²) in [6.07, 6.45) is -0.614. The van der Waals surface area contributed by atoms with Gasteiger partial charge in [-0.3, -0.25) is 4.79 Å². The molecule has 0 saturated carbocycles. The van der Waals surface area contributed by atoms with E-state index < -0.39 is 6.10 Å². The quantitative estimate of drug-likeness (QED) is 0.766. The Kier molecular flexibility index (Phi) is 4.31. The smallest absolute Gasteiger partial charge is 0.313 e. The standard InChI is InChI=1S/C12H16O3/c1-9(13)8-15-12(14)10(2)11-6-4-3-5-7-11/h3-7,9-10,13H,8H2,1-2H3. The van der Waals surface area contributed by atoms with Crippen molar-refractivity contribution in [2.45, 2.75) is 25.9 Å². The first-order valence-electron chi connectivity index (χ1n) is 5.01. The molecule has 0 aliphatic carbocycles. The number of carbonyl (C=O) groups excluding carboxylic acids is 1. The van der Waals surface area contributed by atoms with E-state index in [-0.39, 0.29) is 18.5 Å². The number of hydrogen-bond acceptors (Lipinski definition) is 3. The first kappa shape index (κ1) is 11.7. The third kappa shape index (κ3) is 3.72. The first-order valence-corrected chi connectivity index (χ1v) is 5.01. The lowest BCUT2D eigenvalue weighted by Crippen LogP contribution is -2.19. The van der Waals surface area contributed by atoms with Crippen LogP contribution < -0.4 is 0 Å². The molecule has 2 atom stereocenters. The summed E-state index contributed by atoms with van der Waals surface area (Å²) in [5, 5.41) is 8.98. The molecule has 82 valence electrons. The van der Waals surface area contributed by atoms with Gasteiger partial charge in [-0.05, 0) is 19.4 Å². The molecule has 3 heteroatoms. The van der Waals surface area contributed by atoms with E-state index in [2.05, 4.69) is 0 Å². The van der Waals surface area contributed by atoms with Gasteiger partial charge in [-0.25, -0.2) is 0 Å². The normalized spacial score (nSPS) is 14.3. The highest BCUT2D eigenvalue weighted by atomic mass is 16.5. The van der Waals surface area contributed by atoms with Crippen molar-refractivity contribution in [3.05, 3.63) is 35.9 Å². The topological polar surface area (TPSA) is 46.5 Å². The number of benzene rings is 1. The second kappa shape index (κ2) is 5.51. The van der Waals surface area contributed by atoms with Gasteiger partial charge >= 0.3 is 5.97 Å². The Morgan fingerprint density at radius 3 is 2.47 bits per heavy atom. The van der Waals surface area contributed by atoms with E-state index in [0.29, 0.717) is 0 Å². The average Bonchev–Trinajstić information content (AvgIpc) is 2.26. The van der Waals surface area contributed by atoms with E-state index in [1.54, 1.807) is 13.8 Å². The van der Waals surface area contributed by atoms with Crippen LogP contribution in [0.4, 0.5) is 0 Å². The lowest BCUT2D eigenvalue weighted by Gasteiger charge is -2.12. The molecule has 0 amide bonds. The van der Waals surface area contributed by atoms with Gasteiger partial charge in [0.25, 0.3) is 0 Å². The average molecular weight is 208 g/mol. The molecule has 0 heterocycles. The van der Waals surface area contributed by atoms with Gasteiger partial charge in [-0.15, -0.1) is 0 Å². The maximum Gasteiger partial charge on any atom is 0.313 e. The SMILES string of the molecule is CC(O)COC(=O)C(C)c1ccccc1. The van der Waals surface area contributed by atoms with E-state index in [1.807, 2.05) is 30.3 Å². The summed E-state index contributed by atoms with van der Waals surface area (Å²) < 4.78 is 4.93. The van der Waals surface area contributed by atoms with Crippen molar-refractivity contribution in [2.24, 2.45) is 0 Å². The van der Waals surface area contributed by atoms with E-state index in [0.717, 1.165) is 5.56 Å². The molecule has 0 bridgehead atoms.